The Morgan fingerprint density at radius 2 is 1.20 bits per heavy atom. The van der Waals surface area contributed by atoms with Gasteiger partial charge in [-0.25, -0.2) is 0 Å². The second kappa shape index (κ2) is 13.9. The van der Waals surface area contributed by atoms with Crippen molar-refractivity contribution < 1.29 is 52.7 Å². The van der Waals surface area contributed by atoms with Crippen molar-refractivity contribution in [1.29, 1.82) is 0 Å². The summed E-state index contributed by atoms with van der Waals surface area (Å²) in [5.74, 6) is 0. The van der Waals surface area contributed by atoms with Gasteiger partial charge in [0.15, 0.2) is 5.41 Å². The van der Waals surface area contributed by atoms with E-state index >= 15 is 0 Å². The number of hydrogen-bond acceptors (Lipinski definition) is 0. The number of halogens is 12. The smallest absolute Gasteiger partial charge is 0.170 e. The molecule has 0 spiro atoms. The SMILES string of the molecule is C=C/C=C\C=C(/C)C(C(=C)/C=C\C=C/CC)(C(F)(F)F)C(F)(F)F.CC(c1ccccc1)(C(F)(F)F)C(F)(F)F. The van der Waals surface area contributed by atoms with Crippen LogP contribution in [0.1, 0.15) is 32.8 Å². The van der Waals surface area contributed by atoms with Crippen LogP contribution in [0.4, 0.5) is 52.7 Å². The fraction of sp³-hybridized carbons (Fsp3) is 0.357. The van der Waals surface area contributed by atoms with Crippen molar-refractivity contribution in [2.45, 2.75) is 57.3 Å². The third kappa shape index (κ3) is 8.17. The lowest BCUT2D eigenvalue weighted by molar-refractivity contribution is -0.309. The van der Waals surface area contributed by atoms with Gasteiger partial charge >= 0.3 is 24.7 Å². The van der Waals surface area contributed by atoms with Crippen molar-refractivity contribution in [2.75, 3.05) is 0 Å². The Bertz CT molecular complexity index is 1050. The normalized spacial score (nSPS) is 14.5. The van der Waals surface area contributed by atoms with Crippen molar-refractivity contribution in [2.24, 2.45) is 5.41 Å². The molecule has 0 saturated carbocycles. The molecule has 0 amide bonds. The first-order valence-electron chi connectivity index (χ1n) is 11.4. The highest BCUT2D eigenvalue weighted by Gasteiger charge is 2.72. The van der Waals surface area contributed by atoms with Crippen LogP contribution in [0, 0.1) is 5.41 Å². The molecule has 0 unspecified atom stereocenters. The highest BCUT2D eigenvalue weighted by molar-refractivity contribution is 5.41. The van der Waals surface area contributed by atoms with Crippen LogP contribution in [0.25, 0.3) is 0 Å². The maximum Gasteiger partial charge on any atom is 0.410 e. The van der Waals surface area contributed by atoms with Crippen molar-refractivity contribution in [3.63, 3.8) is 0 Å². The van der Waals surface area contributed by atoms with Gasteiger partial charge in [-0.15, -0.1) is 0 Å². The third-order valence-electron chi connectivity index (χ3n) is 5.78. The van der Waals surface area contributed by atoms with E-state index in [1.54, 1.807) is 13.0 Å². The Labute approximate surface area is 224 Å². The van der Waals surface area contributed by atoms with Crippen molar-refractivity contribution >= 4 is 0 Å². The van der Waals surface area contributed by atoms with Crippen molar-refractivity contribution in [3.05, 3.63) is 109 Å². The Morgan fingerprint density at radius 3 is 1.57 bits per heavy atom. The molecule has 224 valence electrons. The predicted molar refractivity (Wildman–Crippen MR) is 131 cm³/mol. The van der Waals surface area contributed by atoms with E-state index in [0.29, 0.717) is 6.42 Å². The van der Waals surface area contributed by atoms with Crippen molar-refractivity contribution in [3.8, 4) is 0 Å². The molecule has 0 N–H and O–H groups in total. The fourth-order valence-electron chi connectivity index (χ4n) is 3.40. The van der Waals surface area contributed by atoms with E-state index in [1.165, 1.54) is 24.3 Å². The first-order valence-corrected chi connectivity index (χ1v) is 11.4. The molecular formula is C28H28F12. The lowest BCUT2D eigenvalue weighted by Crippen LogP contribution is -2.51. The van der Waals surface area contributed by atoms with Crippen LogP contribution >= 0.6 is 0 Å². The fourth-order valence-corrected chi connectivity index (χ4v) is 3.40. The summed E-state index contributed by atoms with van der Waals surface area (Å²) in [5.41, 5.74) is -10.8. The summed E-state index contributed by atoms with van der Waals surface area (Å²) in [7, 11) is 0. The maximum absolute atomic E-state index is 13.5. The first-order chi connectivity index (χ1) is 18.1. The van der Waals surface area contributed by atoms with E-state index in [1.807, 2.05) is 0 Å². The summed E-state index contributed by atoms with van der Waals surface area (Å²) in [6.07, 6.45) is -12.2. The first kappa shape index (κ1) is 36.8. The van der Waals surface area contributed by atoms with Gasteiger partial charge in [0.05, 0.1) is 0 Å². The van der Waals surface area contributed by atoms with Crippen LogP contribution in [0.3, 0.4) is 0 Å². The van der Waals surface area contributed by atoms with E-state index < -0.39 is 52.2 Å². The molecule has 1 aromatic carbocycles. The van der Waals surface area contributed by atoms with Crippen LogP contribution in [-0.4, -0.2) is 24.7 Å². The lowest BCUT2D eigenvalue weighted by atomic mass is 9.72. The predicted octanol–water partition coefficient (Wildman–Crippen LogP) is 10.9. The summed E-state index contributed by atoms with van der Waals surface area (Å²) in [6.45, 7) is 9.09. The summed E-state index contributed by atoms with van der Waals surface area (Å²) < 4.78 is 157. The van der Waals surface area contributed by atoms with Gasteiger partial charge in [0, 0.05) is 0 Å². The quantitative estimate of drug-likeness (QED) is 0.208. The molecular weight excluding hydrogens is 564 g/mol. The molecule has 0 heterocycles. The van der Waals surface area contributed by atoms with Gasteiger partial charge in [0.25, 0.3) is 0 Å². The van der Waals surface area contributed by atoms with Crippen LogP contribution in [0.15, 0.2) is 103 Å². The van der Waals surface area contributed by atoms with E-state index in [-0.39, 0.29) is 6.92 Å². The second-order valence-corrected chi connectivity index (χ2v) is 8.42. The number of benzene rings is 1. The maximum atomic E-state index is 13.5. The Balaban J connectivity index is 0.000000821. The van der Waals surface area contributed by atoms with Gasteiger partial charge in [0.2, 0.25) is 5.41 Å². The number of hydrogen-bond donors (Lipinski definition) is 0. The van der Waals surface area contributed by atoms with Gasteiger partial charge in [-0.2, -0.15) is 52.7 Å². The topological polar surface area (TPSA) is 0 Å². The zero-order chi connectivity index (χ0) is 31.6. The van der Waals surface area contributed by atoms with E-state index in [2.05, 4.69) is 13.2 Å². The van der Waals surface area contributed by atoms with Crippen molar-refractivity contribution in [1.82, 2.24) is 0 Å². The van der Waals surface area contributed by atoms with Crippen LogP contribution in [0.2, 0.25) is 0 Å². The molecule has 0 fully saturated rings. The largest absolute Gasteiger partial charge is 0.410 e. The molecule has 0 aromatic heterocycles. The number of alkyl halides is 12. The van der Waals surface area contributed by atoms with E-state index in [4.69, 9.17) is 0 Å². The summed E-state index contributed by atoms with van der Waals surface area (Å²) in [4.78, 5) is 0. The van der Waals surface area contributed by atoms with Gasteiger partial charge in [-0.1, -0.05) is 99.0 Å². The number of allylic oxidation sites excluding steroid dienone is 10. The molecule has 0 aliphatic carbocycles. The van der Waals surface area contributed by atoms with Crippen LogP contribution in [-0.2, 0) is 5.41 Å². The minimum absolute atomic E-state index is 0.141. The van der Waals surface area contributed by atoms with Gasteiger partial charge in [-0.05, 0) is 37.0 Å². The van der Waals surface area contributed by atoms with Gasteiger partial charge < -0.3 is 0 Å². The molecule has 0 bridgehead atoms. The molecule has 1 rings (SSSR count). The molecule has 12 heteroatoms. The molecule has 40 heavy (non-hydrogen) atoms. The minimum atomic E-state index is -5.59. The molecule has 0 aliphatic heterocycles. The monoisotopic (exact) mass is 592 g/mol. The van der Waals surface area contributed by atoms with Crippen LogP contribution in [0.5, 0.6) is 0 Å². The third-order valence-corrected chi connectivity index (χ3v) is 5.78. The van der Waals surface area contributed by atoms with E-state index in [9.17, 15) is 52.7 Å². The van der Waals surface area contributed by atoms with Gasteiger partial charge in [0.1, 0.15) is 0 Å². The molecule has 0 nitrogen and oxygen atoms in total. The summed E-state index contributed by atoms with van der Waals surface area (Å²) >= 11 is 0. The summed E-state index contributed by atoms with van der Waals surface area (Å²) in [5, 5.41) is 0. The summed E-state index contributed by atoms with van der Waals surface area (Å²) in [6, 6.07) is 5.29. The van der Waals surface area contributed by atoms with E-state index in [0.717, 1.165) is 55.5 Å². The lowest BCUT2D eigenvalue weighted by Gasteiger charge is -2.39. The highest BCUT2D eigenvalue weighted by Crippen LogP contribution is 2.59. The average molecular weight is 593 g/mol. The Morgan fingerprint density at radius 1 is 0.725 bits per heavy atom. The second-order valence-electron chi connectivity index (χ2n) is 8.42. The Hall–Kier alpha value is -3.18. The molecule has 0 aliphatic rings. The van der Waals surface area contributed by atoms with Crippen LogP contribution < -0.4 is 0 Å². The molecule has 1 aromatic rings. The standard InChI is InChI=1S/C18H20F6.C10H8F6/c1-5-7-9-11-13-15(4)16(17(19,20)21,18(22,23)24)14(3)12-10-8-6-2;1-8(9(11,12)13,10(14,15)16)7-5-3-2-4-6-7/h6-13H,2,4-5H2,1,3H3;2-6H,1H3/b9-7-,10-8-,13-11-,14-12+;. The molecule has 0 atom stereocenters. The minimum Gasteiger partial charge on any atom is -0.170 e. The Kier molecular flexibility index (Phi) is 12.8. The highest BCUT2D eigenvalue weighted by atomic mass is 19.4. The molecule has 0 radical (unpaired) electrons. The zero-order valence-corrected chi connectivity index (χ0v) is 21.7. The average Bonchev–Trinajstić information content (AvgIpc) is 2.79. The van der Waals surface area contributed by atoms with Gasteiger partial charge in [-0.3, -0.25) is 0 Å². The number of rotatable bonds is 8. The molecule has 0 saturated heterocycles. The zero-order valence-electron chi connectivity index (χ0n) is 21.7.